The Hall–Kier alpha value is -2.37. The Kier molecular flexibility index (Phi) is 4.37. The van der Waals surface area contributed by atoms with E-state index in [1.807, 2.05) is 48.7 Å². The number of aromatic amines is 1. The number of nitrogens with one attached hydrogen (secondary N) is 2. The minimum Gasteiger partial charge on any atom is -0.497 e. The quantitative estimate of drug-likeness (QED) is 0.653. The highest BCUT2D eigenvalue weighted by atomic mass is 16.5. The first-order valence-corrected chi connectivity index (χ1v) is 7.21. The highest BCUT2D eigenvalue weighted by molar-refractivity contribution is 5.81. The lowest BCUT2D eigenvalue weighted by atomic mass is 10.1. The normalized spacial score (nSPS) is 12.5. The van der Waals surface area contributed by atoms with E-state index in [1.165, 1.54) is 0 Å². The average molecular weight is 297 g/mol. The van der Waals surface area contributed by atoms with E-state index in [-0.39, 0.29) is 0 Å². The number of hydrogen-bond donors (Lipinski definition) is 3. The van der Waals surface area contributed by atoms with Gasteiger partial charge < -0.3 is 15.2 Å². The SMILES string of the molecule is COc1ccc(C(O)CNCc2cccc3cn[nH]c23)cc1. The van der Waals surface area contributed by atoms with Gasteiger partial charge in [0.15, 0.2) is 0 Å². The van der Waals surface area contributed by atoms with Crippen LogP contribution in [-0.2, 0) is 6.54 Å². The molecular formula is C17H19N3O2. The van der Waals surface area contributed by atoms with E-state index in [0.717, 1.165) is 27.8 Å². The van der Waals surface area contributed by atoms with Crippen LogP contribution in [0.25, 0.3) is 10.9 Å². The van der Waals surface area contributed by atoms with Crippen LogP contribution in [0.1, 0.15) is 17.2 Å². The number of benzene rings is 2. The van der Waals surface area contributed by atoms with Gasteiger partial charge in [0.2, 0.25) is 0 Å². The summed E-state index contributed by atoms with van der Waals surface area (Å²) in [4.78, 5) is 0. The van der Waals surface area contributed by atoms with E-state index >= 15 is 0 Å². The number of ether oxygens (including phenoxy) is 1. The zero-order chi connectivity index (χ0) is 15.4. The summed E-state index contributed by atoms with van der Waals surface area (Å²) in [5, 5.41) is 21.6. The Balaban J connectivity index is 1.59. The monoisotopic (exact) mass is 297 g/mol. The Morgan fingerprint density at radius 1 is 1.23 bits per heavy atom. The summed E-state index contributed by atoms with van der Waals surface area (Å²) in [6, 6.07) is 13.5. The van der Waals surface area contributed by atoms with E-state index in [4.69, 9.17) is 4.74 Å². The van der Waals surface area contributed by atoms with Crippen molar-refractivity contribution in [1.29, 1.82) is 0 Å². The number of H-pyrrole nitrogens is 1. The third-order valence-corrected chi connectivity index (χ3v) is 3.72. The van der Waals surface area contributed by atoms with Crippen LogP contribution in [0.3, 0.4) is 0 Å². The first kappa shape index (κ1) is 14.6. The van der Waals surface area contributed by atoms with Crippen LogP contribution in [0.15, 0.2) is 48.7 Å². The number of para-hydroxylation sites is 1. The fraction of sp³-hybridized carbons (Fsp3) is 0.235. The molecule has 114 valence electrons. The molecule has 0 saturated carbocycles. The van der Waals surface area contributed by atoms with Crippen LogP contribution in [0.5, 0.6) is 5.75 Å². The number of methoxy groups -OCH3 is 1. The van der Waals surface area contributed by atoms with E-state index in [9.17, 15) is 5.11 Å². The predicted molar refractivity (Wildman–Crippen MR) is 85.8 cm³/mol. The van der Waals surface area contributed by atoms with E-state index in [2.05, 4.69) is 15.5 Å². The van der Waals surface area contributed by atoms with Gasteiger partial charge in [0, 0.05) is 18.5 Å². The van der Waals surface area contributed by atoms with Gasteiger partial charge in [-0.2, -0.15) is 5.10 Å². The second-order valence-electron chi connectivity index (χ2n) is 5.17. The van der Waals surface area contributed by atoms with Crippen LogP contribution in [0.4, 0.5) is 0 Å². The molecule has 3 aromatic rings. The number of hydrogen-bond acceptors (Lipinski definition) is 4. The van der Waals surface area contributed by atoms with Crippen molar-refractivity contribution in [2.24, 2.45) is 0 Å². The Bertz CT molecular complexity index is 737. The number of aliphatic hydroxyl groups is 1. The predicted octanol–water partition coefficient (Wildman–Crippen LogP) is 2.39. The number of aromatic nitrogens is 2. The van der Waals surface area contributed by atoms with Crippen molar-refractivity contribution in [1.82, 2.24) is 15.5 Å². The molecule has 0 spiro atoms. The molecular weight excluding hydrogens is 278 g/mol. The highest BCUT2D eigenvalue weighted by Crippen LogP contribution is 2.18. The van der Waals surface area contributed by atoms with Gasteiger partial charge in [-0.15, -0.1) is 0 Å². The standard InChI is InChI=1S/C17H19N3O2/c1-22-15-7-5-12(6-8-15)16(21)11-18-9-13-3-2-4-14-10-19-20-17(13)14/h2-8,10,16,18,21H,9,11H2,1H3,(H,19,20). The smallest absolute Gasteiger partial charge is 0.118 e. The van der Waals surface area contributed by atoms with Crippen molar-refractivity contribution < 1.29 is 9.84 Å². The molecule has 0 aliphatic rings. The largest absolute Gasteiger partial charge is 0.497 e. The molecule has 0 aliphatic carbocycles. The van der Waals surface area contributed by atoms with Crippen molar-refractivity contribution in [3.63, 3.8) is 0 Å². The maximum atomic E-state index is 10.2. The summed E-state index contributed by atoms with van der Waals surface area (Å²) in [7, 11) is 1.63. The van der Waals surface area contributed by atoms with Gasteiger partial charge in [-0.3, -0.25) is 5.10 Å². The molecule has 0 aliphatic heterocycles. The molecule has 1 heterocycles. The average Bonchev–Trinajstić information content (AvgIpc) is 3.04. The summed E-state index contributed by atoms with van der Waals surface area (Å²) in [6.45, 7) is 1.16. The Morgan fingerprint density at radius 2 is 2.05 bits per heavy atom. The number of fused-ring (bicyclic) bond motifs is 1. The van der Waals surface area contributed by atoms with Crippen molar-refractivity contribution in [2.45, 2.75) is 12.6 Å². The summed E-state index contributed by atoms with van der Waals surface area (Å²) in [6.07, 6.45) is 1.26. The van der Waals surface area contributed by atoms with Gasteiger partial charge in [0.1, 0.15) is 5.75 Å². The Morgan fingerprint density at radius 3 is 2.82 bits per heavy atom. The molecule has 1 atom stereocenters. The van der Waals surface area contributed by atoms with Crippen LogP contribution in [-0.4, -0.2) is 29.0 Å². The zero-order valence-electron chi connectivity index (χ0n) is 12.4. The molecule has 1 aromatic heterocycles. The molecule has 22 heavy (non-hydrogen) atoms. The summed E-state index contributed by atoms with van der Waals surface area (Å²) in [5.41, 5.74) is 3.04. The molecule has 0 amide bonds. The first-order valence-electron chi connectivity index (χ1n) is 7.21. The third-order valence-electron chi connectivity index (χ3n) is 3.72. The van der Waals surface area contributed by atoms with Crippen LogP contribution >= 0.6 is 0 Å². The molecule has 0 fully saturated rings. The van der Waals surface area contributed by atoms with E-state index in [0.29, 0.717) is 13.1 Å². The minimum atomic E-state index is -0.549. The summed E-state index contributed by atoms with van der Waals surface area (Å²) in [5.74, 6) is 0.787. The maximum Gasteiger partial charge on any atom is 0.118 e. The van der Waals surface area contributed by atoms with Crippen LogP contribution in [0, 0.1) is 0 Å². The van der Waals surface area contributed by atoms with E-state index < -0.39 is 6.10 Å². The van der Waals surface area contributed by atoms with Crippen LogP contribution in [0.2, 0.25) is 0 Å². The molecule has 0 bridgehead atoms. The van der Waals surface area contributed by atoms with Gasteiger partial charge in [0.05, 0.1) is 24.9 Å². The summed E-state index contributed by atoms with van der Waals surface area (Å²) < 4.78 is 5.11. The fourth-order valence-electron chi connectivity index (χ4n) is 2.47. The molecule has 0 radical (unpaired) electrons. The fourth-order valence-corrected chi connectivity index (χ4v) is 2.47. The van der Waals surface area contributed by atoms with Crippen molar-refractivity contribution in [2.75, 3.05) is 13.7 Å². The van der Waals surface area contributed by atoms with Crippen LogP contribution < -0.4 is 10.1 Å². The molecule has 3 N–H and O–H groups in total. The molecule has 3 rings (SSSR count). The highest BCUT2D eigenvalue weighted by Gasteiger charge is 2.08. The number of nitrogens with zero attached hydrogens (tertiary/aromatic N) is 1. The lowest BCUT2D eigenvalue weighted by Crippen LogP contribution is -2.21. The lowest BCUT2D eigenvalue weighted by Gasteiger charge is -2.13. The van der Waals surface area contributed by atoms with E-state index in [1.54, 1.807) is 7.11 Å². The first-order chi connectivity index (χ1) is 10.8. The van der Waals surface area contributed by atoms with Crippen molar-refractivity contribution in [3.8, 4) is 5.75 Å². The molecule has 1 unspecified atom stereocenters. The zero-order valence-corrected chi connectivity index (χ0v) is 12.4. The third kappa shape index (κ3) is 3.10. The number of aliphatic hydroxyl groups excluding tert-OH is 1. The molecule has 2 aromatic carbocycles. The summed E-state index contributed by atoms with van der Waals surface area (Å²) >= 11 is 0. The molecule has 5 nitrogen and oxygen atoms in total. The van der Waals surface area contributed by atoms with Gasteiger partial charge in [-0.25, -0.2) is 0 Å². The maximum absolute atomic E-state index is 10.2. The van der Waals surface area contributed by atoms with Gasteiger partial charge in [-0.1, -0.05) is 30.3 Å². The van der Waals surface area contributed by atoms with Crippen molar-refractivity contribution in [3.05, 3.63) is 59.8 Å². The molecule has 5 heteroatoms. The lowest BCUT2D eigenvalue weighted by molar-refractivity contribution is 0.174. The van der Waals surface area contributed by atoms with Gasteiger partial charge >= 0.3 is 0 Å². The second-order valence-corrected chi connectivity index (χ2v) is 5.17. The number of rotatable bonds is 6. The van der Waals surface area contributed by atoms with Gasteiger partial charge in [-0.05, 0) is 23.3 Å². The van der Waals surface area contributed by atoms with Gasteiger partial charge in [0.25, 0.3) is 0 Å². The topological polar surface area (TPSA) is 70.2 Å². The second kappa shape index (κ2) is 6.60. The molecule has 0 saturated heterocycles. The minimum absolute atomic E-state index is 0.483. The Labute approximate surface area is 128 Å². The van der Waals surface area contributed by atoms with Crippen molar-refractivity contribution >= 4 is 10.9 Å².